The number of rotatable bonds is 6. The summed E-state index contributed by atoms with van der Waals surface area (Å²) in [6.07, 6.45) is 1.74. The van der Waals surface area contributed by atoms with Gasteiger partial charge in [0.25, 0.3) is 0 Å². The number of aromatic nitrogens is 2. The molecule has 0 aliphatic heterocycles. The summed E-state index contributed by atoms with van der Waals surface area (Å²) in [5, 5.41) is 2.70. The fourth-order valence-corrected chi connectivity index (χ4v) is 2.34. The highest BCUT2D eigenvalue weighted by Crippen LogP contribution is 2.24. The highest BCUT2D eigenvalue weighted by molar-refractivity contribution is 5.75. The average Bonchev–Trinajstić information content (AvgIpc) is 3.18. The Morgan fingerprint density at radius 1 is 1.19 bits per heavy atom. The minimum Gasteiger partial charge on any atom is -0.444 e. The van der Waals surface area contributed by atoms with Crippen LogP contribution in [-0.4, -0.2) is 15.9 Å². The molecule has 1 N–H and O–H groups in total. The molecular formula is C18H17F2N3O3. The summed E-state index contributed by atoms with van der Waals surface area (Å²) < 4.78 is 37.5. The maximum Gasteiger partial charge on any atom is 0.220 e. The Morgan fingerprint density at radius 2 is 2.00 bits per heavy atom. The molecular weight excluding hydrogens is 344 g/mol. The molecule has 0 saturated carbocycles. The smallest absolute Gasteiger partial charge is 0.220 e. The van der Waals surface area contributed by atoms with E-state index in [-0.39, 0.29) is 36.6 Å². The van der Waals surface area contributed by atoms with E-state index in [1.807, 2.05) is 6.92 Å². The first-order valence-electron chi connectivity index (χ1n) is 8.02. The van der Waals surface area contributed by atoms with Crippen LogP contribution in [0.4, 0.5) is 8.78 Å². The molecule has 0 radical (unpaired) electrons. The Balaban J connectivity index is 1.53. The van der Waals surface area contributed by atoms with E-state index in [9.17, 15) is 13.6 Å². The number of aryl methyl sites for hydroxylation is 3. The molecule has 0 bridgehead atoms. The van der Waals surface area contributed by atoms with Gasteiger partial charge in [0, 0.05) is 18.9 Å². The van der Waals surface area contributed by atoms with E-state index in [2.05, 4.69) is 15.3 Å². The van der Waals surface area contributed by atoms with Crippen LogP contribution in [0.1, 0.15) is 29.7 Å². The van der Waals surface area contributed by atoms with Crippen LogP contribution in [-0.2, 0) is 17.8 Å². The molecule has 26 heavy (non-hydrogen) atoms. The third kappa shape index (κ3) is 4.14. The Bertz CT molecular complexity index is 914. The van der Waals surface area contributed by atoms with Gasteiger partial charge in [-0.2, -0.15) is 0 Å². The molecule has 0 aliphatic carbocycles. The summed E-state index contributed by atoms with van der Waals surface area (Å²) >= 11 is 0. The molecule has 0 spiro atoms. The van der Waals surface area contributed by atoms with Gasteiger partial charge in [-0.3, -0.25) is 4.79 Å². The van der Waals surface area contributed by atoms with E-state index in [4.69, 9.17) is 8.83 Å². The molecule has 1 amide bonds. The van der Waals surface area contributed by atoms with Crippen molar-refractivity contribution < 1.29 is 22.4 Å². The van der Waals surface area contributed by atoms with Crippen molar-refractivity contribution in [3.8, 4) is 11.3 Å². The summed E-state index contributed by atoms with van der Waals surface area (Å²) in [6.45, 7) is 3.83. The zero-order valence-electron chi connectivity index (χ0n) is 14.3. The summed E-state index contributed by atoms with van der Waals surface area (Å²) in [5.41, 5.74) is 0.902. The van der Waals surface area contributed by atoms with Crippen LogP contribution >= 0.6 is 0 Å². The standard InChI is InChI=1S/C18H17F2N3O3/c1-10-11(2)25-18(23-10)9-21-16(24)5-6-17-22-8-15(26-17)13-4-3-12(19)7-14(13)20/h3-4,7-8H,5-6,9H2,1-2H3,(H,21,24). The molecule has 0 aliphatic rings. The second-order valence-electron chi connectivity index (χ2n) is 5.77. The lowest BCUT2D eigenvalue weighted by Gasteiger charge is -2.01. The molecule has 0 unspecified atom stereocenters. The lowest BCUT2D eigenvalue weighted by molar-refractivity contribution is -0.121. The van der Waals surface area contributed by atoms with Crippen LogP contribution in [0, 0.1) is 25.5 Å². The highest BCUT2D eigenvalue weighted by Gasteiger charge is 2.13. The molecule has 8 heteroatoms. The number of hydrogen-bond acceptors (Lipinski definition) is 5. The van der Waals surface area contributed by atoms with Crippen molar-refractivity contribution in [3.63, 3.8) is 0 Å². The highest BCUT2D eigenvalue weighted by atomic mass is 19.1. The number of carbonyl (C=O) groups excluding carboxylic acids is 1. The number of hydrogen-bond donors (Lipinski definition) is 1. The summed E-state index contributed by atoms with van der Waals surface area (Å²) in [7, 11) is 0. The molecule has 1 aromatic carbocycles. The fraction of sp³-hybridized carbons (Fsp3) is 0.278. The van der Waals surface area contributed by atoms with E-state index < -0.39 is 11.6 Å². The Kier molecular flexibility index (Phi) is 5.11. The summed E-state index contributed by atoms with van der Waals surface area (Å²) in [4.78, 5) is 20.1. The quantitative estimate of drug-likeness (QED) is 0.727. The van der Waals surface area contributed by atoms with Gasteiger partial charge in [-0.15, -0.1) is 0 Å². The van der Waals surface area contributed by atoms with Crippen LogP contribution in [0.15, 0.2) is 33.2 Å². The molecule has 3 aromatic rings. The molecule has 0 saturated heterocycles. The molecule has 2 heterocycles. The van der Waals surface area contributed by atoms with Gasteiger partial charge in [0.1, 0.15) is 17.4 Å². The number of nitrogens with one attached hydrogen (secondary N) is 1. The first-order valence-corrected chi connectivity index (χ1v) is 8.02. The van der Waals surface area contributed by atoms with Crippen molar-refractivity contribution in [2.24, 2.45) is 0 Å². The predicted molar refractivity (Wildman–Crippen MR) is 88.0 cm³/mol. The number of oxazole rings is 2. The fourth-order valence-electron chi connectivity index (χ4n) is 2.34. The Hall–Kier alpha value is -3.03. The maximum absolute atomic E-state index is 13.7. The van der Waals surface area contributed by atoms with Gasteiger partial charge in [0.2, 0.25) is 11.8 Å². The van der Waals surface area contributed by atoms with Gasteiger partial charge in [0.05, 0.1) is 24.0 Å². The van der Waals surface area contributed by atoms with E-state index in [1.54, 1.807) is 6.92 Å². The van der Waals surface area contributed by atoms with Gasteiger partial charge in [-0.1, -0.05) is 0 Å². The van der Waals surface area contributed by atoms with Gasteiger partial charge >= 0.3 is 0 Å². The number of benzene rings is 1. The van der Waals surface area contributed by atoms with Gasteiger partial charge in [-0.05, 0) is 26.0 Å². The van der Waals surface area contributed by atoms with Crippen LogP contribution in [0.3, 0.4) is 0 Å². The van der Waals surface area contributed by atoms with E-state index in [0.29, 0.717) is 11.8 Å². The van der Waals surface area contributed by atoms with Crippen LogP contribution < -0.4 is 5.32 Å². The first-order chi connectivity index (χ1) is 12.4. The first kappa shape index (κ1) is 17.8. The monoisotopic (exact) mass is 361 g/mol. The minimum atomic E-state index is -0.734. The SMILES string of the molecule is Cc1nc(CNC(=O)CCc2ncc(-c3ccc(F)cc3F)o2)oc1C. The van der Waals surface area contributed by atoms with Gasteiger partial charge < -0.3 is 14.2 Å². The Morgan fingerprint density at radius 3 is 2.69 bits per heavy atom. The zero-order valence-corrected chi connectivity index (χ0v) is 14.3. The maximum atomic E-state index is 13.7. The van der Waals surface area contributed by atoms with Crippen molar-refractivity contribution in [1.29, 1.82) is 0 Å². The van der Waals surface area contributed by atoms with E-state index >= 15 is 0 Å². The molecule has 6 nitrogen and oxygen atoms in total. The largest absolute Gasteiger partial charge is 0.444 e. The molecule has 0 fully saturated rings. The van der Waals surface area contributed by atoms with Crippen molar-refractivity contribution in [3.05, 3.63) is 59.3 Å². The molecule has 0 atom stereocenters. The van der Waals surface area contributed by atoms with Crippen molar-refractivity contribution in [2.75, 3.05) is 0 Å². The van der Waals surface area contributed by atoms with Crippen molar-refractivity contribution >= 4 is 5.91 Å². The normalized spacial score (nSPS) is 10.9. The second kappa shape index (κ2) is 7.47. The van der Waals surface area contributed by atoms with Gasteiger partial charge in [-0.25, -0.2) is 18.7 Å². The summed E-state index contributed by atoms with van der Waals surface area (Å²) in [6, 6.07) is 3.19. The number of amides is 1. The average molecular weight is 361 g/mol. The third-order valence-electron chi connectivity index (χ3n) is 3.83. The van der Waals surface area contributed by atoms with Gasteiger partial charge in [0.15, 0.2) is 11.7 Å². The molecule has 3 rings (SSSR count). The Labute approximate surface area is 148 Å². The van der Waals surface area contributed by atoms with Crippen LogP contribution in [0.5, 0.6) is 0 Å². The number of halogens is 2. The molecule has 136 valence electrons. The third-order valence-corrected chi connectivity index (χ3v) is 3.83. The zero-order chi connectivity index (χ0) is 18.7. The molecule has 2 aromatic heterocycles. The van der Waals surface area contributed by atoms with Crippen molar-refractivity contribution in [2.45, 2.75) is 33.2 Å². The topological polar surface area (TPSA) is 81.2 Å². The lowest BCUT2D eigenvalue weighted by Crippen LogP contribution is -2.23. The predicted octanol–water partition coefficient (Wildman–Crippen LogP) is 3.47. The van der Waals surface area contributed by atoms with Crippen molar-refractivity contribution in [1.82, 2.24) is 15.3 Å². The second-order valence-corrected chi connectivity index (χ2v) is 5.77. The van der Waals surface area contributed by atoms with Crippen LogP contribution in [0.25, 0.3) is 11.3 Å². The lowest BCUT2D eigenvalue weighted by atomic mass is 10.2. The van der Waals surface area contributed by atoms with Crippen LogP contribution in [0.2, 0.25) is 0 Å². The number of carbonyl (C=O) groups is 1. The van der Waals surface area contributed by atoms with E-state index in [1.165, 1.54) is 12.3 Å². The van der Waals surface area contributed by atoms with E-state index in [0.717, 1.165) is 23.6 Å². The minimum absolute atomic E-state index is 0.115. The number of nitrogens with zero attached hydrogens (tertiary/aromatic N) is 2. The summed E-state index contributed by atoms with van der Waals surface area (Å²) in [5.74, 6) is 0.0192.